The van der Waals surface area contributed by atoms with Gasteiger partial charge in [-0.25, -0.2) is 4.39 Å². The van der Waals surface area contributed by atoms with Crippen LogP contribution in [0.1, 0.15) is 24.4 Å². The summed E-state index contributed by atoms with van der Waals surface area (Å²) < 4.78 is 23.8. The summed E-state index contributed by atoms with van der Waals surface area (Å²) in [5, 5.41) is 19.4. The highest BCUT2D eigenvalue weighted by molar-refractivity contribution is 6.30. The van der Waals surface area contributed by atoms with Gasteiger partial charge in [0.25, 0.3) is 5.91 Å². The standard InChI is InChI=1S/C24H28Cl2FN3O5/c25-16-3-1-15(2-4-16)22(30-17-12-34-13-17)10-23(32)28-8-7-18(31)11-29-24(33)14-35-19-5-6-20(26)21(27)9-19/h1-6,9,17-18,22,30-31H,7-8,10-14H2,(H,28,32)(H,29,33)/t18-,22?/m0/s1. The molecule has 8 nitrogen and oxygen atoms in total. The molecule has 1 fully saturated rings. The van der Waals surface area contributed by atoms with Gasteiger partial charge in [-0.05, 0) is 36.2 Å². The van der Waals surface area contributed by atoms with Gasteiger partial charge >= 0.3 is 0 Å². The first-order chi connectivity index (χ1) is 16.8. The number of carbonyl (C=O) groups excluding carboxylic acids is 2. The molecule has 1 heterocycles. The molecule has 35 heavy (non-hydrogen) atoms. The zero-order valence-corrected chi connectivity index (χ0v) is 20.4. The third-order valence-electron chi connectivity index (χ3n) is 5.33. The molecule has 2 amide bonds. The number of hydrogen-bond donors (Lipinski definition) is 4. The molecule has 2 atom stereocenters. The molecule has 1 saturated heterocycles. The van der Waals surface area contributed by atoms with Gasteiger partial charge in [-0.3, -0.25) is 9.59 Å². The second kappa shape index (κ2) is 13.6. The fraction of sp³-hybridized carbons (Fsp3) is 0.417. The van der Waals surface area contributed by atoms with E-state index in [1.165, 1.54) is 12.1 Å². The van der Waals surface area contributed by atoms with Gasteiger partial charge in [0.15, 0.2) is 6.61 Å². The van der Waals surface area contributed by atoms with Crippen LogP contribution in [0.4, 0.5) is 4.39 Å². The summed E-state index contributed by atoms with van der Waals surface area (Å²) in [7, 11) is 0. The largest absolute Gasteiger partial charge is 0.484 e. The van der Waals surface area contributed by atoms with Crippen molar-refractivity contribution in [1.82, 2.24) is 16.0 Å². The lowest BCUT2D eigenvalue weighted by Gasteiger charge is -2.31. The maximum Gasteiger partial charge on any atom is 0.258 e. The molecule has 0 bridgehead atoms. The Morgan fingerprint density at radius 3 is 2.51 bits per heavy atom. The first-order valence-corrected chi connectivity index (χ1v) is 11.9. The van der Waals surface area contributed by atoms with E-state index in [0.29, 0.717) is 18.2 Å². The minimum atomic E-state index is -0.857. The number of halogens is 3. The van der Waals surface area contributed by atoms with Crippen LogP contribution in [-0.4, -0.2) is 62.0 Å². The molecule has 11 heteroatoms. The molecule has 3 rings (SSSR count). The topological polar surface area (TPSA) is 109 Å². The fourth-order valence-corrected chi connectivity index (χ4v) is 3.56. The highest BCUT2D eigenvalue weighted by Gasteiger charge is 2.24. The number of carbonyl (C=O) groups is 2. The lowest BCUT2D eigenvalue weighted by molar-refractivity contribution is -0.124. The van der Waals surface area contributed by atoms with Gasteiger partial charge in [0.1, 0.15) is 11.6 Å². The van der Waals surface area contributed by atoms with Crippen molar-refractivity contribution in [2.75, 3.05) is 32.9 Å². The van der Waals surface area contributed by atoms with Crippen LogP contribution in [0, 0.1) is 5.82 Å². The van der Waals surface area contributed by atoms with Gasteiger partial charge in [0.05, 0.1) is 30.4 Å². The summed E-state index contributed by atoms with van der Waals surface area (Å²) >= 11 is 11.6. The summed E-state index contributed by atoms with van der Waals surface area (Å²) in [4.78, 5) is 24.4. The van der Waals surface area contributed by atoms with E-state index >= 15 is 0 Å². The Balaban J connectivity index is 1.34. The Hall–Kier alpha value is -2.43. The number of benzene rings is 2. The smallest absolute Gasteiger partial charge is 0.258 e. The van der Waals surface area contributed by atoms with Crippen molar-refractivity contribution in [2.45, 2.75) is 31.0 Å². The third-order valence-corrected chi connectivity index (χ3v) is 5.89. The molecule has 1 unspecified atom stereocenters. The van der Waals surface area contributed by atoms with Crippen LogP contribution >= 0.6 is 23.2 Å². The molecule has 0 spiro atoms. The Morgan fingerprint density at radius 1 is 1.11 bits per heavy atom. The lowest BCUT2D eigenvalue weighted by Crippen LogP contribution is -2.48. The quantitative estimate of drug-likeness (QED) is 0.319. The molecule has 2 aromatic rings. The van der Waals surface area contributed by atoms with E-state index in [2.05, 4.69) is 16.0 Å². The lowest BCUT2D eigenvalue weighted by atomic mass is 10.0. The molecule has 0 aromatic heterocycles. The Labute approximate surface area is 213 Å². The van der Waals surface area contributed by atoms with E-state index in [1.807, 2.05) is 12.1 Å². The summed E-state index contributed by atoms with van der Waals surface area (Å²) in [6.45, 7) is 1.10. The van der Waals surface area contributed by atoms with Crippen molar-refractivity contribution in [3.63, 3.8) is 0 Å². The summed E-state index contributed by atoms with van der Waals surface area (Å²) in [6, 6.07) is 11.2. The summed E-state index contributed by atoms with van der Waals surface area (Å²) in [6.07, 6.45) is -0.386. The van der Waals surface area contributed by atoms with Crippen molar-refractivity contribution >= 4 is 35.0 Å². The van der Waals surface area contributed by atoms with Gasteiger partial charge in [0.2, 0.25) is 5.91 Å². The number of nitrogens with one attached hydrogen (secondary N) is 3. The third kappa shape index (κ3) is 9.27. The first-order valence-electron chi connectivity index (χ1n) is 11.2. The molecule has 4 N–H and O–H groups in total. The minimum absolute atomic E-state index is 0.0102. The molecule has 0 saturated carbocycles. The van der Waals surface area contributed by atoms with E-state index in [9.17, 15) is 19.1 Å². The molecule has 1 aliphatic rings. The number of ether oxygens (including phenoxy) is 2. The second-order valence-corrected chi connectivity index (χ2v) is 9.01. The Morgan fingerprint density at radius 2 is 1.86 bits per heavy atom. The average molecular weight is 528 g/mol. The zero-order valence-electron chi connectivity index (χ0n) is 18.9. The minimum Gasteiger partial charge on any atom is -0.484 e. The fourth-order valence-electron chi connectivity index (χ4n) is 3.32. The zero-order chi connectivity index (χ0) is 25.2. The molecular formula is C24H28Cl2FN3O5. The normalized spacial score (nSPS) is 15.1. The van der Waals surface area contributed by atoms with Crippen molar-refractivity contribution in [1.29, 1.82) is 0 Å². The SMILES string of the molecule is O=C(COc1ccc(Cl)c(F)c1)NC[C@@H](O)CCNC(=O)CC(NC1COC1)c1ccc(Cl)cc1. The van der Waals surface area contributed by atoms with Crippen molar-refractivity contribution in [3.05, 3.63) is 63.9 Å². The highest BCUT2D eigenvalue weighted by Crippen LogP contribution is 2.22. The van der Waals surface area contributed by atoms with E-state index < -0.39 is 17.8 Å². The number of amides is 2. The van der Waals surface area contributed by atoms with Gasteiger partial charge in [-0.1, -0.05) is 35.3 Å². The van der Waals surface area contributed by atoms with Gasteiger partial charge in [-0.15, -0.1) is 0 Å². The molecular weight excluding hydrogens is 500 g/mol. The van der Waals surface area contributed by atoms with Gasteiger partial charge < -0.3 is 30.5 Å². The predicted octanol–water partition coefficient (Wildman–Crippen LogP) is 2.61. The van der Waals surface area contributed by atoms with Gasteiger partial charge in [-0.2, -0.15) is 0 Å². The first kappa shape index (κ1) is 27.2. The molecule has 0 radical (unpaired) electrons. The predicted molar refractivity (Wildman–Crippen MR) is 130 cm³/mol. The van der Waals surface area contributed by atoms with Crippen LogP contribution < -0.4 is 20.7 Å². The molecule has 0 aliphatic carbocycles. The average Bonchev–Trinajstić information content (AvgIpc) is 2.80. The Kier molecular flexibility index (Phi) is 10.6. The van der Waals surface area contributed by atoms with E-state index in [0.717, 1.165) is 11.6 Å². The van der Waals surface area contributed by atoms with Crippen LogP contribution in [0.25, 0.3) is 0 Å². The van der Waals surface area contributed by atoms with Crippen LogP contribution in [0.3, 0.4) is 0 Å². The van der Waals surface area contributed by atoms with Crippen molar-refractivity contribution in [3.8, 4) is 5.75 Å². The maximum atomic E-state index is 13.4. The molecule has 1 aliphatic heterocycles. The van der Waals surface area contributed by atoms with Crippen molar-refractivity contribution < 1.29 is 28.6 Å². The van der Waals surface area contributed by atoms with Crippen LogP contribution in [0.15, 0.2) is 42.5 Å². The molecule has 190 valence electrons. The van der Waals surface area contributed by atoms with E-state index in [-0.39, 0.29) is 61.3 Å². The number of aliphatic hydroxyl groups is 1. The van der Waals surface area contributed by atoms with Gasteiger partial charge in [0, 0.05) is 36.6 Å². The van der Waals surface area contributed by atoms with Crippen LogP contribution in [0.5, 0.6) is 5.75 Å². The van der Waals surface area contributed by atoms with Crippen molar-refractivity contribution in [2.24, 2.45) is 0 Å². The van der Waals surface area contributed by atoms with Crippen LogP contribution in [-0.2, 0) is 14.3 Å². The number of hydrogen-bond acceptors (Lipinski definition) is 6. The monoisotopic (exact) mass is 527 g/mol. The summed E-state index contributed by atoms with van der Waals surface area (Å²) in [5.74, 6) is -1.12. The number of rotatable bonds is 13. The number of aliphatic hydroxyl groups excluding tert-OH is 1. The summed E-state index contributed by atoms with van der Waals surface area (Å²) in [5.41, 5.74) is 0.947. The highest BCUT2D eigenvalue weighted by atomic mass is 35.5. The van der Waals surface area contributed by atoms with E-state index in [1.54, 1.807) is 12.1 Å². The second-order valence-electron chi connectivity index (χ2n) is 8.17. The van der Waals surface area contributed by atoms with Crippen LogP contribution in [0.2, 0.25) is 10.0 Å². The Bertz CT molecular complexity index is 992. The van der Waals surface area contributed by atoms with E-state index in [4.69, 9.17) is 32.7 Å². The maximum absolute atomic E-state index is 13.4. The molecule has 2 aromatic carbocycles.